The summed E-state index contributed by atoms with van der Waals surface area (Å²) in [6.07, 6.45) is 0. The molecular formula is C24H30N6O. The molecule has 1 atom stereocenters. The second-order valence-corrected chi connectivity index (χ2v) is 8.31. The molecule has 1 saturated heterocycles. The van der Waals surface area contributed by atoms with Gasteiger partial charge >= 0.3 is 0 Å². The number of hydrogen-bond acceptors (Lipinski definition) is 5. The highest BCUT2D eigenvalue weighted by Gasteiger charge is 2.24. The van der Waals surface area contributed by atoms with E-state index in [1.807, 2.05) is 56.3 Å². The number of rotatable bonds is 6. The van der Waals surface area contributed by atoms with E-state index >= 15 is 0 Å². The number of carbonyl (C=O) groups excluding carboxylic acids is 1. The molecule has 0 bridgehead atoms. The molecule has 1 aliphatic heterocycles. The fourth-order valence-corrected chi connectivity index (χ4v) is 3.91. The molecule has 1 amide bonds. The molecule has 2 aromatic carbocycles. The Morgan fingerprint density at radius 3 is 2.35 bits per heavy atom. The molecule has 0 saturated carbocycles. The quantitative estimate of drug-likeness (QED) is 0.667. The van der Waals surface area contributed by atoms with Crippen molar-refractivity contribution >= 4 is 5.91 Å². The van der Waals surface area contributed by atoms with Crippen molar-refractivity contribution in [1.82, 2.24) is 30.1 Å². The van der Waals surface area contributed by atoms with Crippen LogP contribution in [0.4, 0.5) is 0 Å². The van der Waals surface area contributed by atoms with Gasteiger partial charge < -0.3 is 10.2 Å². The normalized spacial score (nSPS) is 16.2. The van der Waals surface area contributed by atoms with Crippen LogP contribution in [-0.4, -0.2) is 70.5 Å². The highest BCUT2D eigenvalue weighted by molar-refractivity contribution is 5.93. The van der Waals surface area contributed by atoms with Gasteiger partial charge in [-0.1, -0.05) is 53.2 Å². The minimum Gasteiger partial charge on any atom is -0.342 e. The highest BCUT2D eigenvalue weighted by atomic mass is 16.2. The molecule has 1 aliphatic rings. The van der Waals surface area contributed by atoms with Crippen LogP contribution in [0.3, 0.4) is 0 Å². The first-order chi connectivity index (χ1) is 15.0. The Labute approximate surface area is 183 Å². The third-order valence-corrected chi connectivity index (χ3v) is 5.93. The van der Waals surface area contributed by atoms with Crippen LogP contribution < -0.4 is 5.32 Å². The zero-order chi connectivity index (χ0) is 21.8. The van der Waals surface area contributed by atoms with E-state index < -0.39 is 0 Å². The predicted molar refractivity (Wildman–Crippen MR) is 121 cm³/mol. The SMILES string of the molecule is Cc1ccc(-n2nnc(C(=O)NC(CN3CCN(C)CC3)c3ccccc3)c2C)cc1. The first-order valence-corrected chi connectivity index (χ1v) is 10.8. The summed E-state index contributed by atoms with van der Waals surface area (Å²) in [7, 11) is 2.15. The maximum Gasteiger partial charge on any atom is 0.274 e. The van der Waals surface area contributed by atoms with Gasteiger partial charge in [0.2, 0.25) is 0 Å². The average molecular weight is 419 g/mol. The molecule has 7 heteroatoms. The summed E-state index contributed by atoms with van der Waals surface area (Å²) in [6, 6.07) is 18.1. The van der Waals surface area contributed by atoms with Gasteiger partial charge in [-0.05, 0) is 38.6 Å². The lowest BCUT2D eigenvalue weighted by Gasteiger charge is -2.35. The van der Waals surface area contributed by atoms with E-state index in [0.717, 1.165) is 49.7 Å². The van der Waals surface area contributed by atoms with Gasteiger partial charge in [-0.3, -0.25) is 9.69 Å². The van der Waals surface area contributed by atoms with Gasteiger partial charge in [-0.25, -0.2) is 4.68 Å². The van der Waals surface area contributed by atoms with Crippen molar-refractivity contribution < 1.29 is 4.79 Å². The van der Waals surface area contributed by atoms with E-state index in [-0.39, 0.29) is 11.9 Å². The standard InChI is InChI=1S/C24H30N6O/c1-18-9-11-21(12-10-18)30-19(2)23(26-27-30)24(31)25-22(20-7-5-4-6-8-20)17-29-15-13-28(3)14-16-29/h4-12,22H,13-17H2,1-3H3,(H,25,31). The van der Waals surface area contributed by atoms with Crippen molar-refractivity contribution in [1.29, 1.82) is 0 Å². The van der Waals surface area contributed by atoms with Crippen LogP contribution in [0, 0.1) is 13.8 Å². The first-order valence-electron chi connectivity index (χ1n) is 10.8. The van der Waals surface area contributed by atoms with Crippen molar-refractivity contribution in [3.05, 3.63) is 77.1 Å². The fraction of sp³-hybridized carbons (Fsp3) is 0.375. The predicted octanol–water partition coefficient (Wildman–Crippen LogP) is 2.60. The summed E-state index contributed by atoms with van der Waals surface area (Å²) in [6.45, 7) is 8.78. The largest absolute Gasteiger partial charge is 0.342 e. The Bertz CT molecular complexity index is 1010. The molecule has 0 spiro atoms. The summed E-state index contributed by atoms with van der Waals surface area (Å²) in [5.74, 6) is -0.196. The molecule has 1 fully saturated rings. The van der Waals surface area contributed by atoms with Crippen molar-refractivity contribution in [2.45, 2.75) is 19.9 Å². The van der Waals surface area contributed by atoms with Gasteiger partial charge in [0.15, 0.2) is 5.69 Å². The third kappa shape index (κ3) is 5.00. The van der Waals surface area contributed by atoms with E-state index in [1.165, 1.54) is 5.56 Å². The Morgan fingerprint density at radius 2 is 1.68 bits per heavy atom. The summed E-state index contributed by atoms with van der Waals surface area (Å²) in [5, 5.41) is 11.6. The molecule has 1 N–H and O–H groups in total. The lowest BCUT2D eigenvalue weighted by atomic mass is 10.1. The molecule has 7 nitrogen and oxygen atoms in total. The second-order valence-electron chi connectivity index (χ2n) is 8.31. The Hall–Kier alpha value is -3.03. The molecule has 0 aliphatic carbocycles. The number of nitrogens with one attached hydrogen (secondary N) is 1. The van der Waals surface area contributed by atoms with Gasteiger partial charge in [-0.15, -0.1) is 5.10 Å². The summed E-state index contributed by atoms with van der Waals surface area (Å²) >= 11 is 0. The van der Waals surface area contributed by atoms with Gasteiger partial charge in [-0.2, -0.15) is 0 Å². The summed E-state index contributed by atoms with van der Waals surface area (Å²) in [4.78, 5) is 17.9. The number of aryl methyl sites for hydroxylation is 1. The molecule has 31 heavy (non-hydrogen) atoms. The number of likely N-dealkylation sites (N-methyl/N-ethyl adjacent to an activating group) is 1. The molecule has 162 valence electrons. The van der Waals surface area contributed by atoms with E-state index in [4.69, 9.17) is 0 Å². The first kappa shape index (κ1) is 21.2. The van der Waals surface area contributed by atoms with Crippen molar-refractivity contribution in [3.63, 3.8) is 0 Å². The van der Waals surface area contributed by atoms with Gasteiger partial charge in [0.1, 0.15) is 0 Å². The number of carbonyl (C=O) groups is 1. The second kappa shape index (κ2) is 9.41. The molecular weight excluding hydrogens is 388 g/mol. The van der Waals surface area contributed by atoms with Crippen LogP contribution in [0.5, 0.6) is 0 Å². The summed E-state index contributed by atoms with van der Waals surface area (Å²) < 4.78 is 1.71. The summed E-state index contributed by atoms with van der Waals surface area (Å²) in [5.41, 5.74) is 4.26. The molecule has 2 heterocycles. The Morgan fingerprint density at radius 1 is 1.00 bits per heavy atom. The smallest absolute Gasteiger partial charge is 0.274 e. The van der Waals surface area contributed by atoms with Gasteiger partial charge in [0, 0.05) is 32.7 Å². The van der Waals surface area contributed by atoms with E-state index in [9.17, 15) is 4.79 Å². The highest BCUT2D eigenvalue weighted by Crippen LogP contribution is 2.18. The molecule has 1 aromatic heterocycles. The number of nitrogens with zero attached hydrogens (tertiary/aromatic N) is 5. The maximum atomic E-state index is 13.2. The number of aromatic nitrogens is 3. The minimum absolute atomic E-state index is 0.110. The number of benzene rings is 2. The number of amides is 1. The van der Waals surface area contributed by atoms with Crippen LogP contribution in [0.15, 0.2) is 54.6 Å². The van der Waals surface area contributed by atoms with Crippen LogP contribution in [0.25, 0.3) is 5.69 Å². The maximum absolute atomic E-state index is 13.2. The topological polar surface area (TPSA) is 66.3 Å². The average Bonchev–Trinajstić information content (AvgIpc) is 3.17. The van der Waals surface area contributed by atoms with Crippen molar-refractivity contribution in [3.8, 4) is 5.69 Å². The zero-order valence-corrected chi connectivity index (χ0v) is 18.5. The van der Waals surface area contributed by atoms with Crippen molar-refractivity contribution in [2.24, 2.45) is 0 Å². The van der Waals surface area contributed by atoms with Crippen LogP contribution in [0.2, 0.25) is 0 Å². The third-order valence-electron chi connectivity index (χ3n) is 5.93. The fourth-order valence-electron chi connectivity index (χ4n) is 3.91. The molecule has 3 aromatic rings. The number of piperazine rings is 1. The van der Waals surface area contributed by atoms with Crippen LogP contribution in [0.1, 0.15) is 33.4 Å². The van der Waals surface area contributed by atoms with Crippen LogP contribution >= 0.6 is 0 Å². The lowest BCUT2D eigenvalue weighted by Crippen LogP contribution is -2.47. The molecule has 0 radical (unpaired) electrons. The Balaban J connectivity index is 1.53. The minimum atomic E-state index is -0.196. The molecule has 4 rings (SSSR count). The molecule has 1 unspecified atom stereocenters. The van der Waals surface area contributed by atoms with Gasteiger partial charge in [0.25, 0.3) is 5.91 Å². The number of hydrogen-bond donors (Lipinski definition) is 1. The van der Waals surface area contributed by atoms with Crippen LogP contribution in [-0.2, 0) is 0 Å². The zero-order valence-electron chi connectivity index (χ0n) is 18.5. The van der Waals surface area contributed by atoms with Gasteiger partial charge in [0.05, 0.1) is 17.4 Å². The van der Waals surface area contributed by atoms with E-state index in [1.54, 1.807) is 4.68 Å². The van der Waals surface area contributed by atoms with E-state index in [0.29, 0.717) is 5.69 Å². The van der Waals surface area contributed by atoms with E-state index in [2.05, 4.69) is 44.6 Å². The lowest BCUT2D eigenvalue weighted by molar-refractivity contribution is 0.0901. The Kier molecular flexibility index (Phi) is 6.44. The monoisotopic (exact) mass is 418 g/mol. The van der Waals surface area contributed by atoms with Crippen molar-refractivity contribution in [2.75, 3.05) is 39.8 Å².